The van der Waals surface area contributed by atoms with Crippen LogP contribution in [0.4, 0.5) is 5.69 Å². The number of nitrogens with zero attached hydrogens (tertiary/aromatic N) is 1. The Morgan fingerprint density at radius 2 is 1.62 bits per heavy atom. The van der Waals surface area contributed by atoms with Gasteiger partial charge in [-0.2, -0.15) is 0 Å². The summed E-state index contributed by atoms with van der Waals surface area (Å²) in [6.07, 6.45) is 6.29. The SMILES string of the molecule is C=CCN(Cc1ccc(C2CCCC[C@@H]2C(=O)N[C@@H](C)c2ccccc2)cc1)c1ccccc1. The highest BCUT2D eigenvalue weighted by molar-refractivity contribution is 5.80. The fourth-order valence-corrected chi connectivity index (χ4v) is 5.14. The predicted octanol–water partition coefficient (Wildman–Crippen LogP) is 7.03. The molecule has 3 aromatic rings. The van der Waals surface area contributed by atoms with Gasteiger partial charge in [0.15, 0.2) is 0 Å². The average Bonchev–Trinajstić information content (AvgIpc) is 2.90. The maximum absolute atomic E-state index is 13.3. The molecule has 1 aliphatic carbocycles. The van der Waals surface area contributed by atoms with Gasteiger partial charge >= 0.3 is 0 Å². The zero-order chi connectivity index (χ0) is 23.8. The Labute approximate surface area is 204 Å². The van der Waals surface area contributed by atoms with Gasteiger partial charge in [-0.1, -0.05) is 91.7 Å². The van der Waals surface area contributed by atoms with Crippen LogP contribution >= 0.6 is 0 Å². The van der Waals surface area contributed by atoms with E-state index in [2.05, 4.69) is 84.4 Å². The number of amides is 1. The summed E-state index contributed by atoms with van der Waals surface area (Å²) >= 11 is 0. The first kappa shape index (κ1) is 23.8. The van der Waals surface area contributed by atoms with E-state index < -0.39 is 0 Å². The van der Waals surface area contributed by atoms with Crippen LogP contribution in [0.5, 0.6) is 0 Å². The molecule has 1 fully saturated rings. The number of para-hydroxylation sites is 1. The van der Waals surface area contributed by atoms with Crippen molar-refractivity contribution in [2.45, 2.75) is 51.1 Å². The molecule has 1 saturated carbocycles. The van der Waals surface area contributed by atoms with Crippen LogP contribution in [-0.2, 0) is 11.3 Å². The van der Waals surface area contributed by atoms with Crippen molar-refractivity contribution in [1.82, 2.24) is 5.32 Å². The van der Waals surface area contributed by atoms with E-state index in [0.717, 1.165) is 37.9 Å². The second kappa shape index (κ2) is 11.7. The molecule has 1 aliphatic rings. The van der Waals surface area contributed by atoms with Gasteiger partial charge in [-0.05, 0) is 54.5 Å². The highest BCUT2D eigenvalue weighted by Gasteiger charge is 2.32. The molecule has 34 heavy (non-hydrogen) atoms. The fraction of sp³-hybridized carbons (Fsp3) is 0.323. The number of hydrogen-bond donors (Lipinski definition) is 1. The van der Waals surface area contributed by atoms with Crippen LogP contribution in [-0.4, -0.2) is 12.5 Å². The van der Waals surface area contributed by atoms with Crippen LogP contribution in [0.3, 0.4) is 0 Å². The Balaban J connectivity index is 1.44. The molecule has 1 N–H and O–H groups in total. The van der Waals surface area contributed by atoms with Gasteiger partial charge < -0.3 is 10.2 Å². The van der Waals surface area contributed by atoms with E-state index in [-0.39, 0.29) is 23.8 Å². The van der Waals surface area contributed by atoms with Gasteiger partial charge in [-0.25, -0.2) is 0 Å². The highest BCUT2D eigenvalue weighted by atomic mass is 16.1. The van der Waals surface area contributed by atoms with Gasteiger partial charge in [0, 0.05) is 24.7 Å². The number of carbonyl (C=O) groups excluding carboxylic acids is 1. The molecular formula is C31H36N2O. The number of rotatable bonds is 9. The van der Waals surface area contributed by atoms with Crippen LogP contribution in [0.1, 0.15) is 61.3 Å². The molecule has 0 bridgehead atoms. The summed E-state index contributed by atoms with van der Waals surface area (Å²) in [5.74, 6) is 0.503. The summed E-state index contributed by atoms with van der Waals surface area (Å²) in [6.45, 7) is 7.63. The molecule has 1 unspecified atom stereocenters. The second-order valence-corrected chi connectivity index (χ2v) is 9.38. The quantitative estimate of drug-likeness (QED) is 0.353. The molecule has 3 aromatic carbocycles. The van der Waals surface area contributed by atoms with E-state index in [1.165, 1.54) is 23.2 Å². The zero-order valence-corrected chi connectivity index (χ0v) is 20.2. The third kappa shape index (κ3) is 5.96. The Kier molecular flexibility index (Phi) is 8.19. The summed E-state index contributed by atoms with van der Waals surface area (Å²) in [4.78, 5) is 15.6. The topological polar surface area (TPSA) is 32.3 Å². The Morgan fingerprint density at radius 1 is 0.971 bits per heavy atom. The number of carbonyl (C=O) groups is 1. The minimum absolute atomic E-state index is 0.0208. The van der Waals surface area contributed by atoms with Crippen molar-refractivity contribution in [1.29, 1.82) is 0 Å². The standard InChI is InChI=1S/C31H36N2O/c1-3-22-33(28-14-8-5-9-15-28)23-25-18-20-27(21-19-25)29-16-10-11-17-30(29)31(34)32-24(2)26-12-6-4-7-13-26/h3-9,12-15,18-21,24,29-30H,1,10-11,16-17,22-23H2,2H3,(H,32,34)/t24-,29?,30-/m0/s1. The first-order valence-corrected chi connectivity index (χ1v) is 12.5. The lowest BCUT2D eigenvalue weighted by molar-refractivity contribution is -0.127. The molecule has 0 aromatic heterocycles. The number of nitrogens with one attached hydrogen (secondary N) is 1. The Hall–Kier alpha value is -3.33. The van der Waals surface area contributed by atoms with Gasteiger partial charge in [-0.3, -0.25) is 4.79 Å². The first-order chi connectivity index (χ1) is 16.7. The van der Waals surface area contributed by atoms with E-state index in [4.69, 9.17) is 0 Å². The van der Waals surface area contributed by atoms with Crippen molar-refractivity contribution >= 4 is 11.6 Å². The molecule has 3 nitrogen and oxygen atoms in total. The predicted molar refractivity (Wildman–Crippen MR) is 142 cm³/mol. The smallest absolute Gasteiger partial charge is 0.224 e. The van der Waals surface area contributed by atoms with E-state index >= 15 is 0 Å². The van der Waals surface area contributed by atoms with Crippen LogP contribution in [0, 0.1) is 5.92 Å². The summed E-state index contributed by atoms with van der Waals surface area (Å²) in [5.41, 5.74) is 4.90. The van der Waals surface area contributed by atoms with Crippen LogP contribution < -0.4 is 10.2 Å². The van der Waals surface area contributed by atoms with E-state index in [0.29, 0.717) is 0 Å². The zero-order valence-electron chi connectivity index (χ0n) is 20.2. The second-order valence-electron chi connectivity index (χ2n) is 9.38. The molecule has 0 heterocycles. The van der Waals surface area contributed by atoms with Crippen molar-refractivity contribution in [2.75, 3.05) is 11.4 Å². The minimum Gasteiger partial charge on any atom is -0.363 e. The fourth-order valence-electron chi connectivity index (χ4n) is 5.14. The minimum atomic E-state index is 0.0208. The molecular weight excluding hydrogens is 416 g/mol. The van der Waals surface area contributed by atoms with Crippen LogP contribution in [0.2, 0.25) is 0 Å². The third-order valence-electron chi connectivity index (χ3n) is 7.01. The molecule has 176 valence electrons. The van der Waals surface area contributed by atoms with E-state index in [1.54, 1.807) is 0 Å². The van der Waals surface area contributed by atoms with Crippen molar-refractivity contribution in [3.63, 3.8) is 0 Å². The first-order valence-electron chi connectivity index (χ1n) is 12.5. The average molecular weight is 453 g/mol. The molecule has 0 spiro atoms. The van der Waals surface area contributed by atoms with E-state index in [1.807, 2.05) is 30.3 Å². The summed E-state index contributed by atoms with van der Waals surface area (Å²) in [7, 11) is 0. The van der Waals surface area contributed by atoms with E-state index in [9.17, 15) is 4.79 Å². The largest absolute Gasteiger partial charge is 0.363 e. The van der Waals surface area contributed by atoms with Gasteiger partial charge in [0.05, 0.1) is 6.04 Å². The number of anilines is 1. The Bertz CT molecular complexity index is 1050. The molecule has 0 radical (unpaired) electrons. The number of hydrogen-bond acceptors (Lipinski definition) is 2. The van der Waals surface area contributed by atoms with Crippen molar-refractivity contribution in [2.24, 2.45) is 5.92 Å². The van der Waals surface area contributed by atoms with Gasteiger partial charge in [-0.15, -0.1) is 6.58 Å². The molecule has 3 heteroatoms. The van der Waals surface area contributed by atoms with Gasteiger partial charge in [0.2, 0.25) is 5.91 Å². The van der Waals surface area contributed by atoms with Crippen molar-refractivity contribution in [3.05, 3.63) is 114 Å². The molecule has 1 amide bonds. The lowest BCUT2D eigenvalue weighted by atomic mass is 9.74. The molecule has 3 atom stereocenters. The highest BCUT2D eigenvalue weighted by Crippen LogP contribution is 2.38. The van der Waals surface area contributed by atoms with Crippen molar-refractivity contribution < 1.29 is 4.79 Å². The third-order valence-corrected chi connectivity index (χ3v) is 7.01. The van der Waals surface area contributed by atoms with Crippen molar-refractivity contribution in [3.8, 4) is 0 Å². The summed E-state index contributed by atoms with van der Waals surface area (Å²) < 4.78 is 0. The lowest BCUT2D eigenvalue weighted by Gasteiger charge is -2.32. The lowest BCUT2D eigenvalue weighted by Crippen LogP contribution is -2.37. The van der Waals surface area contributed by atoms with Gasteiger partial charge in [0.1, 0.15) is 0 Å². The Morgan fingerprint density at radius 3 is 2.29 bits per heavy atom. The van der Waals surface area contributed by atoms with Crippen LogP contribution in [0.15, 0.2) is 97.6 Å². The molecule has 4 rings (SSSR count). The summed E-state index contributed by atoms with van der Waals surface area (Å²) in [5, 5.41) is 3.28. The normalized spacial score (nSPS) is 18.6. The molecule has 0 saturated heterocycles. The number of benzene rings is 3. The summed E-state index contributed by atoms with van der Waals surface area (Å²) in [6, 6.07) is 29.6. The molecule has 0 aliphatic heterocycles. The monoisotopic (exact) mass is 452 g/mol. The maximum atomic E-state index is 13.3. The van der Waals surface area contributed by atoms with Gasteiger partial charge in [0.25, 0.3) is 0 Å². The maximum Gasteiger partial charge on any atom is 0.224 e. The van der Waals surface area contributed by atoms with Crippen LogP contribution in [0.25, 0.3) is 0 Å².